The van der Waals surface area contributed by atoms with Crippen LogP contribution >= 0.6 is 0 Å². The smallest absolute Gasteiger partial charge is 0.340 e. The van der Waals surface area contributed by atoms with E-state index < -0.39 is 10.5 Å². The Hall–Kier alpha value is -3.53. The molecule has 1 saturated carbocycles. The minimum atomic E-state index is -0.883. The van der Waals surface area contributed by atoms with Gasteiger partial charge in [0.05, 0.1) is 22.9 Å². The highest BCUT2D eigenvalue weighted by Gasteiger charge is 2.37. The molecule has 3 aromatic rings. The highest BCUT2D eigenvalue weighted by molar-refractivity contribution is 5.75. The number of nitro groups is 1. The van der Waals surface area contributed by atoms with E-state index in [1.165, 1.54) is 0 Å². The minimum absolute atomic E-state index is 0.00332. The van der Waals surface area contributed by atoms with Crippen LogP contribution in [0.1, 0.15) is 36.4 Å². The third-order valence-corrected chi connectivity index (χ3v) is 4.96. The predicted octanol–water partition coefficient (Wildman–Crippen LogP) is 2.91. The Morgan fingerprint density at radius 3 is 2.69 bits per heavy atom. The van der Waals surface area contributed by atoms with Crippen LogP contribution in [0.15, 0.2) is 34.7 Å². The molecular weight excluding hydrogens is 376 g/mol. The van der Waals surface area contributed by atoms with Crippen LogP contribution in [0.2, 0.25) is 0 Å². The minimum Gasteiger partial charge on any atom is -0.459 e. The van der Waals surface area contributed by atoms with E-state index in [0.29, 0.717) is 30.0 Å². The molecule has 3 heterocycles. The summed E-state index contributed by atoms with van der Waals surface area (Å²) >= 11 is 0. The van der Waals surface area contributed by atoms with E-state index in [2.05, 4.69) is 20.3 Å². The zero-order valence-electron chi connectivity index (χ0n) is 15.8. The summed E-state index contributed by atoms with van der Waals surface area (Å²) in [5.41, 5.74) is 5.78. The van der Waals surface area contributed by atoms with Crippen LogP contribution in [0.3, 0.4) is 0 Å². The van der Waals surface area contributed by atoms with Crippen LogP contribution in [0.4, 0.5) is 17.5 Å². The number of hydrogen-bond donors (Lipinski definition) is 3. The van der Waals surface area contributed by atoms with E-state index in [1.807, 2.05) is 0 Å². The summed E-state index contributed by atoms with van der Waals surface area (Å²) in [4.78, 5) is 23.6. The predicted molar refractivity (Wildman–Crippen MR) is 105 cm³/mol. The van der Waals surface area contributed by atoms with Crippen molar-refractivity contribution in [2.24, 2.45) is 0 Å². The van der Waals surface area contributed by atoms with Crippen LogP contribution in [0.25, 0.3) is 11.5 Å². The summed E-state index contributed by atoms with van der Waals surface area (Å²) in [6, 6.07) is 8.63. The van der Waals surface area contributed by atoms with Gasteiger partial charge in [0.15, 0.2) is 11.5 Å². The maximum atomic E-state index is 11.7. The van der Waals surface area contributed by atoms with Crippen molar-refractivity contribution in [3.63, 3.8) is 0 Å². The highest BCUT2D eigenvalue weighted by Crippen LogP contribution is 2.40. The van der Waals surface area contributed by atoms with E-state index in [9.17, 15) is 15.2 Å². The van der Waals surface area contributed by atoms with Crippen LogP contribution in [0.5, 0.6) is 0 Å². The number of aliphatic hydroxyl groups is 1. The molecule has 10 nitrogen and oxygen atoms in total. The maximum Gasteiger partial charge on any atom is 0.340 e. The van der Waals surface area contributed by atoms with Crippen molar-refractivity contribution in [1.29, 1.82) is 0 Å². The van der Waals surface area contributed by atoms with Crippen LogP contribution in [-0.4, -0.2) is 25.0 Å². The van der Waals surface area contributed by atoms with E-state index in [4.69, 9.17) is 10.2 Å². The van der Waals surface area contributed by atoms with Crippen LogP contribution < -0.4 is 11.1 Å². The summed E-state index contributed by atoms with van der Waals surface area (Å²) in [6.45, 7) is 1.89. The first kappa shape index (κ1) is 18.8. The molecule has 4 N–H and O–H groups in total. The Morgan fingerprint density at radius 1 is 1.28 bits per heavy atom. The molecule has 0 saturated heterocycles. The van der Waals surface area contributed by atoms with Gasteiger partial charge in [-0.15, -0.1) is 0 Å². The molecule has 4 rings (SSSR count). The van der Waals surface area contributed by atoms with Crippen molar-refractivity contribution >= 4 is 17.5 Å². The molecule has 10 heteroatoms. The van der Waals surface area contributed by atoms with Gasteiger partial charge in [0.25, 0.3) is 0 Å². The number of nitrogen functional groups attached to an aromatic ring is 1. The third-order valence-electron chi connectivity index (χ3n) is 4.96. The average Bonchev–Trinajstić information content (AvgIpc) is 3.10. The van der Waals surface area contributed by atoms with E-state index in [-0.39, 0.29) is 35.5 Å². The second-order valence-electron chi connectivity index (χ2n) is 7.05. The number of nitrogens with two attached hydrogens (primary N) is 1. The van der Waals surface area contributed by atoms with Gasteiger partial charge in [0, 0.05) is 0 Å². The second-order valence-corrected chi connectivity index (χ2v) is 7.05. The number of anilines is 2. The zero-order valence-corrected chi connectivity index (χ0v) is 15.8. The lowest BCUT2D eigenvalue weighted by atomic mass is 9.77. The number of furan rings is 1. The molecule has 150 valence electrons. The van der Waals surface area contributed by atoms with Crippen molar-refractivity contribution < 1.29 is 14.4 Å². The van der Waals surface area contributed by atoms with Crippen molar-refractivity contribution in [2.75, 3.05) is 11.1 Å². The monoisotopic (exact) mass is 396 g/mol. The van der Waals surface area contributed by atoms with Gasteiger partial charge in [0.1, 0.15) is 11.4 Å². The number of nitrogens with zero attached hydrogens (tertiary/aromatic N) is 4. The Labute approximate surface area is 166 Å². The topological polar surface area (TPSA) is 153 Å². The van der Waals surface area contributed by atoms with E-state index in [1.54, 1.807) is 37.3 Å². The van der Waals surface area contributed by atoms with Crippen LogP contribution in [0, 0.1) is 17.0 Å². The lowest BCUT2D eigenvalue weighted by molar-refractivity contribution is -0.383. The molecule has 1 fully saturated rings. The van der Waals surface area contributed by atoms with Gasteiger partial charge in [-0.2, -0.15) is 4.98 Å². The van der Waals surface area contributed by atoms with Gasteiger partial charge in [-0.1, -0.05) is 6.07 Å². The molecule has 0 atom stereocenters. The largest absolute Gasteiger partial charge is 0.459 e. The van der Waals surface area contributed by atoms with Gasteiger partial charge in [0.2, 0.25) is 11.8 Å². The molecular formula is C19H20N6O4. The molecule has 0 bridgehead atoms. The first-order valence-electron chi connectivity index (χ1n) is 9.17. The molecule has 29 heavy (non-hydrogen) atoms. The molecule has 0 unspecified atom stereocenters. The number of aromatic nitrogens is 3. The molecule has 0 radical (unpaired) electrons. The molecule has 0 spiro atoms. The maximum absolute atomic E-state index is 11.7. The summed E-state index contributed by atoms with van der Waals surface area (Å²) in [7, 11) is 0. The fourth-order valence-electron chi connectivity index (χ4n) is 3.28. The van der Waals surface area contributed by atoms with E-state index in [0.717, 1.165) is 6.42 Å². The molecule has 3 aromatic heterocycles. The quantitative estimate of drug-likeness (QED) is 0.421. The van der Waals surface area contributed by atoms with Crippen molar-refractivity contribution in [3.8, 4) is 11.5 Å². The summed E-state index contributed by atoms with van der Waals surface area (Å²) in [5.74, 6) is 0.684. The van der Waals surface area contributed by atoms with Gasteiger partial charge < -0.3 is 20.6 Å². The van der Waals surface area contributed by atoms with Gasteiger partial charge in [-0.3, -0.25) is 15.1 Å². The van der Waals surface area contributed by atoms with Gasteiger partial charge >= 0.3 is 5.69 Å². The Kier molecular flexibility index (Phi) is 4.63. The summed E-state index contributed by atoms with van der Waals surface area (Å²) in [6.07, 6.45) is 2.32. The highest BCUT2D eigenvalue weighted by atomic mass is 16.6. The fourth-order valence-corrected chi connectivity index (χ4v) is 3.28. The first-order valence-corrected chi connectivity index (χ1v) is 9.17. The lowest BCUT2D eigenvalue weighted by Crippen LogP contribution is -2.34. The normalized spacial score (nSPS) is 15.0. The average molecular weight is 396 g/mol. The number of aryl methyl sites for hydroxylation is 1. The molecule has 1 aliphatic carbocycles. The Bertz CT molecular complexity index is 1080. The van der Waals surface area contributed by atoms with E-state index >= 15 is 0 Å². The Balaban J connectivity index is 1.64. The lowest BCUT2D eigenvalue weighted by Gasteiger charge is -2.36. The van der Waals surface area contributed by atoms with Gasteiger partial charge in [-0.05, 0) is 50.5 Å². The van der Waals surface area contributed by atoms with Gasteiger partial charge in [-0.25, -0.2) is 4.98 Å². The summed E-state index contributed by atoms with van der Waals surface area (Å²) < 4.78 is 5.49. The SMILES string of the molecule is Cc1ccc(-c2nc(N)nc(NCc3cccc(C4(O)CCC4)n3)c2[N+](=O)[O-])o1. The fraction of sp³-hybridized carbons (Fsp3) is 0.316. The van der Waals surface area contributed by atoms with Crippen molar-refractivity contribution in [2.45, 2.75) is 38.3 Å². The van der Waals surface area contributed by atoms with Crippen molar-refractivity contribution in [1.82, 2.24) is 15.0 Å². The van der Waals surface area contributed by atoms with Crippen molar-refractivity contribution in [3.05, 3.63) is 57.6 Å². The number of pyridine rings is 1. The first-order chi connectivity index (χ1) is 13.9. The third kappa shape index (κ3) is 3.61. The number of rotatable bonds is 6. The number of nitrogens with one attached hydrogen (secondary N) is 1. The molecule has 0 aromatic carbocycles. The molecule has 0 amide bonds. The standard InChI is InChI=1S/C19H20N6O4/c1-11-6-7-13(29-11)15-16(25(27)28)17(24-18(20)23-15)21-10-12-4-2-5-14(22-12)19(26)8-3-9-19/h2,4-7,26H,3,8-10H2,1H3,(H3,20,21,23,24). The Morgan fingerprint density at radius 2 is 2.07 bits per heavy atom. The number of hydrogen-bond acceptors (Lipinski definition) is 9. The summed E-state index contributed by atoms with van der Waals surface area (Å²) in [5, 5.41) is 25.1. The molecule has 1 aliphatic rings. The second kappa shape index (κ2) is 7.13. The molecule has 0 aliphatic heterocycles. The zero-order chi connectivity index (χ0) is 20.6. The van der Waals surface area contributed by atoms with Crippen LogP contribution in [-0.2, 0) is 12.1 Å².